The quantitative estimate of drug-likeness (QED) is 0.887. The molecule has 0 spiro atoms. The molecule has 0 aliphatic heterocycles. The van der Waals surface area contributed by atoms with E-state index in [1.165, 1.54) is 24.5 Å². The van der Waals surface area contributed by atoms with Crippen molar-refractivity contribution in [2.24, 2.45) is 0 Å². The van der Waals surface area contributed by atoms with Crippen LogP contribution in [0.15, 0.2) is 36.7 Å². The van der Waals surface area contributed by atoms with Crippen molar-refractivity contribution in [2.75, 3.05) is 11.9 Å². The Morgan fingerprint density at radius 3 is 2.52 bits per heavy atom. The molecule has 0 aliphatic rings. The molecular formula is C15H17FN4O. The number of carbonyl (C=O) groups is 1. The summed E-state index contributed by atoms with van der Waals surface area (Å²) in [4.78, 5) is 20.2. The molecule has 21 heavy (non-hydrogen) atoms. The maximum absolute atomic E-state index is 12.9. The van der Waals surface area contributed by atoms with Gasteiger partial charge in [-0.05, 0) is 31.5 Å². The van der Waals surface area contributed by atoms with E-state index in [1.54, 1.807) is 12.1 Å². The molecule has 0 bridgehead atoms. The number of aromatic nitrogens is 2. The lowest BCUT2D eigenvalue weighted by Crippen LogP contribution is -2.27. The third kappa shape index (κ3) is 3.98. The van der Waals surface area contributed by atoms with Crippen LogP contribution in [0.5, 0.6) is 0 Å². The molecule has 1 aromatic heterocycles. The number of rotatable bonds is 5. The summed E-state index contributed by atoms with van der Waals surface area (Å²) in [6.07, 6.45) is 2.94. The van der Waals surface area contributed by atoms with Crippen LogP contribution in [0.1, 0.15) is 35.9 Å². The molecule has 1 unspecified atom stereocenters. The Morgan fingerprint density at radius 2 is 1.95 bits per heavy atom. The first-order valence-corrected chi connectivity index (χ1v) is 6.72. The summed E-state index contributed by atoms with van der Waals surface area (Å²) in [6, 6.07) is 5.76. The van der Waals surface area contributed by atoms with Gasteiger partial charge in [-0.1, -0.05) is 12.1 Å². The molecular weight excluding hydrogens is 271 g/mol. The molecule has 2 N–H and O–H groups in total. The number of anilines is 1. The van der Waals surface area contributed by atoms with Crippen LogP contribution in [0, 0.1) is 5.82 Å². The molecule has 1 aromatic carbocycles. The molecule has 0 aliphatic carbocycles. The predicted octanol–water partition coefficient (Wildman–Crippen LogP) is 2.54. The fourth-order valence-electron chi connectivity index (χ4n) is 1.82. The second-order valence-electron chi connectivity index (χ2n) is 4.56. The maximum atomic E-state index is 12.9. The molecule has 1 heterocycles. The van der Waals surface area contributed by atoms with Gasteiger partial charge < -0.3 is 10.6 Å². The van der Waals surface area contributed by atoms with Crippen molar-refractivity contribution in [3.8, 4) is 0 Å². The molecule has 6 heteroatoms. The standard InChI is InChI=1S/C15H17FN4O/c1-3-17-14-9-18-13(8-19-14)15(21)20-10(2)11-4-6-12(16)7-5-11/h4-10H,3H2,1-2H3,(H,17,19)(H,20,21). The Labute approximate surface area is 122 Å². The monoisotopic (exact) mass is 288 g/mol. The van der Waals surface area contributed by atoms with Crippen LogP contribution >= 0.6 is 0 Å². The number of hydrogen-bond donors (Lipinski definition) is 2. The van der Waals surface area contributed by atoms with Gasteiger partial charge in [-0.3, -0.25) is 4.79 Å². The number of halogens is 1. The van der Waals surface area contributed by atoms with E-state index < -0.39 is 0 Å². The summed E-state index contributed by atoms with van der Waals surface area (Å²) in [5.41, 5.74) is 1.06. The molecule has 2 aromatic rings. The van der Waals surface area contributed by atoms with E-state index in [1.807, 2.05) is 13.8 Å². The fraction of sp³-hybridized carbons (Fsp3) is 0.267. The van der Waals surface area contributed by atoms with Crippen molar-refractivity contribution >= 4 is 11.7 Å². The van der Waals surface area contributed by atoms with Gasteiger partial charge >= 0.3 is 0 Å². The van der Waals surface area contributed by atoms with Crippen LogP contribution in [0.3, 0.4) is 0 Å². The molecule has 1 amide bonds. The van der Waals surface area contributed by atoms with E-state index >= 15 is 0 Å². The number of carbonyl (C=O) groups excluding carboxylic acids is 1. The van der Waals surface area contributed by atoms with Gasteiger partial charge in [0.15, 0.2) is 0 Å². The lowest BCUT2D eigenvalue weighted by Gasteiger charge is -2.14. The van der Waals surface area contributed by atoms with Crippen LogP contribution in [0.2, 0.25) is 0 Å². The van der Waals surface area contributed by atoms with Gasteiger partial charge in [0.05, 0.1) is 18.4 Å². The van der Waals surface area contributed by atoms with Crippen molar-refractivity contribution in [3.63, 3.8) is 0 Å². The normalized spacial score (nSPS) is 11.8. The molecule has 1 atom stereocenters. The van der Waals surface area contributed by atoms with Gasteiger partial charge in [0.2, 0.25) is 0 Å². The first-order valence-electron chi connectivity index (χ1n) is 6.72. The predicted molar refractivity (Wildman–Crippen MR) is 78.5 cm³/mol. The Hall–Kier alpha value is -2.50. The first kappa shape index (κ1) is 14.9. The summed E-state index contributed by atoms with van der Waals surface area (Å²) < 4.78 is 12.9. The van der Waals surface area contributed by atoms with Gasteiger partial charge in [0.25, 0.3) is 5.91 Å². The molecule has 2 rings (SSSR count). The van der Waals surface area contributed by atoms with Crippen LogP contribution in [0.25, 0.3) is 0 Å². The van der Waals surface area contributed by atoms with Gasteiger partial charge in [0, 0.05) is 6.54 Å². The average molecular weight is 288 g/mol. The molecule has 110 valence electrons. The van der Waals surface area contributed by atoms with E-state index in [0.29, 0.717) is 5.82 Å². The maximum Gasteiger partial charge on any atom is 0.271 e. The second kappa shape index (κ2) is 6.78. The van der Waals surface area contributed by atoms with Gasteiger partial charge in [0.1, 0.15) is 17.3 Å². The topological polar surface area (TPSA) is 66.9 Å². The van der Waals surface area contributed by atoms with Crippen molar-refractivity contribution in [1.29, 1.82) is 0 Å². The summed E-state index contributed by atoms with van der Waals surface area (Å²) in [5.74, 6) is 0.00478. The number of amides is 1. The highest BCUT2D eigenvalue weighted by Crippen LogP contribution is 2.13. The highest BCUT2D eigenvalue weighted by Gasteiger charge is 2.13. The van der Waals surface area contributed by atoms with Crippen LogP contribution in [0.4, 0.5) is 10.2 Å². The highest BCUT2D eigenvalue weighted by molar-refractivity contribution is 5.92. The van der Waals surface area contributed by atoms with E-state index in [4.69, 9.17) is 0 Å². The first-order chi connectivity index (χ1) is 10.1. The summed E-state index contributed by atoms with van der Waals surface area (Å²) in [6.45, 7) is 4.51. The molecule has 0 saturated carbocycles. The van der Waals surface area contributed by atoms with Crippen LogP contribution in [-0.4, -0.2) is 22.4 Å². The minimum atomic E-state index is -0.317. The van der Waals surface area contributed by atoms with E-state index in [2.05, 4.69) is 20.6 Å². The highest BCUT2D eigenvalue weighted by atomic mass is 19.1. The minimum Gasteiger partial charge on any atom is -0.369 e. The zero-order valence-electron chi connectivity index (χ0n) is 11.9. The van der Waals surface area contributed by atoms with Crippen molar-refractivity contribution in [3.05, 3.63) is 53.7 Å². The van der Waals surface area contributed by atoms with Crippen molar-refractivity contribution < 1.29 is 9.18 Å². The summed E-state index contributed by atoms with van der Waals surface area (Å²) in [7, 11) is 0. The molecule has 5 nitrogen and oxygen atoms in total. The molecule has 0 radical (unpaired) electrons. The Bertz CT molecular complexity index is 598. The minimum absolute atomic E-state index is 0.241. The van der Waals surface area contributed by atoms with Crippen LogP contribution in [-0.2, 0) is 0 Å². The van der Waals surface area contributed by atoms with E-state index in [0.717, 1.165) is 12.1 Å². The Kier molecular flexibility index (Phi) is 4.81. The number of nitrogens with zero attached hydrogens (tertiary/aromatic N) is 2. The molecule has 0 fully saturated rings. The third-order valence-corrected chi connectivity index (χ3v) is 2.96. The lowest BCUT2D eigenvalue weighted by atomic mass is 10.1. The van der Waals surface area contributed by atoms with Gasteiger partial charge in [-0.15, -0.1) is 0 Å². The smallest absolute Gasteiger partial charge is 0.271 e. The van der Waals surface area contributed by atoms with E-state index in [-0.39, 0.29) is 23.5 Å². The Morgan fingerprint density at radius 1 is 1.24 bits per heavy atom. The van der Waals surface area contributed by atoms with Crippen LogP contribution < -0.4 is 10.6 Å². The summed E-state index contributed by atoms with van der Waals surface area (Å²) >= 11 is 0. The fourth-order valence-corrected chi connectivity index (χ4v) is 1.82. The van der Waals surface area contributed by atoms with Gasteiger partial charge in [-0.2, -0.15) is 0 Å². The third-order valence-electron chi connectivity index (χ3n) is 2.96. The largest absolute Gasteiger partial charge is 0.369 e. The second-order valence-corrected chi connectivity index (χ2v) is 4.56. The zero-order valence-corrected chi connectivity index (χ0v) is 11.9. The number of nitrogens with one attached hydrogen (secondary N) is 2. The molecule has 0 saturated heterocycles. The Balaban J connectivity index is 2.01. The summed E-state index contributed by atoms with van der Waals surface area (Å²) in [5, 5.41) is 5.80. The lowest BCUT2D eigenvalue weighted by molar-refractivity contribution is 0.0934. The SMILES string of the molecule is CCNc1cnc(C(=O)NC(C)c2ccc(F)cc2)cn1. The van der Waals surface area contributed by atoms with Crippen molar-refractivity contribution in [2.45, 2.75) is 19.9 Å². The average Bonchev–Trinajstić information content (AvgIpc) is 2.49. The van der Waals surface area contributed by atoms with Crippen molar-refractivity contribution in [1.82, 2.24) is 15.3 Å². The van der Waals surface area contributed by atoms with E-state index in [9.17, 15) is 9.18 Å². The van der Waals surface area contributed by atoms with Gasteiger partial charge in [-0.25, -0.2) is 14.4 Å². The number of benzene rings is 1. The zero-order chi connectivity index (χ0) is 15.2. The number of hydrogen-bond acceptors (Lipinski definition) is 4.